The summed E-state index contributed by atoms with van der Waals surface area (Å²) < 4.78 is 5.40. The summed E-state index contributed by atoms with van der Waals surface area (Å²) in [7, 11) is 0. The van der Waals surface area contributed by atoms with Crippen LogP contribution in [0.2, 0.25) is 0 Å². The second-order valence-electron chi connectivity index (χ2n) is 4.91. The number of rotatable bonds is 4. The Morgan fingerprint density at radius 2 is 2.39 bits per heavy atom. The molecule has 2 rings (SSSR count). The number of ether oxygens (including phenoxy) is 1. The predicted octanol–water partition coefficient (Wildman–Crippen LogP) is -1.45. The van der Waals surface area contributed by atoms with E-state index in [9.17, 15) is 9.90 Å². The molecular formula is C12H23N3O3. The van der Waals surface area contributed by atoms with Crippen molar-refractivity contribution in [3.05, 3.63) is 0 Å². The summed E-state index contributed by atoms with van der Waals surface area (Å²) in [6, 6.07) is -0.254. The molecule has 6 heteroatoms. The molecule has 1 amide bonds. The van der Waals surface area contributed by atoms with E-state index in [4.69, 9.17) is 4.74 Å². The zero-order valence-corrected chi connectivity index (χ0v) is 10.9. The first-order valence-electron chi connectivity index (χ1n) is 6.74. The molecule has 0 aliphatic carbocycles. The average molecular weight is 257 g/mol. The summed E-state index contributed by atoms with van der Waals surface area (Å²) >= 11 is 0. The van der Waals surface area contributed by atoms with Gasteiger partial charge in [0.1, 0.15) is 6.04 Å². The Kier molecular flexibility index (Phi) is 4.94. The number of amides is 1. The van der Waals surface area contributed by atoms with Gasteiger partial charge in [0.25, 0.3) is 0 Å². The lowest BCUT2D eigenvalue weighted by Crippen LogP contribution is -2.59. The molecule has 0 aromatic rings. The Bertz CT molecular complexity index is 288. The molecule has 2 fully saturated rings. The van der Waals surface area contributed by atoms with Crippen LogP contribution in [0.25, 0.3) is 0 Å². The van der Waals surface area contributed by atoms with Gasteiger partial charge < -0.3 is 20.5 Å². The third-order valence-corrected chi connectivity index (χ3v) is 3.60. The molecule has 6 nitrogen and oxygen atoms in total. The molecule has 0 aromatic carbocycles. The Labute approximate surface area is 108 Å². The maximum absolute atomic E-state index is 12.1. The third-order valence-electron chi connectivity index (χ3n) is 3.60. The number of carbonyl (C=O) groups is 1. The molecule has 2 heterocycles. The molecule has 3 atom stereocenters. The summed E-state index contributed by atoms with van der Waals surface area (Å²) in [5.74, 6) is 0.00986. The van der Waals surface area contributed by atoms with Gasteiger partial charge in [-0.15, -0.1) is 0 Å². The number of aliphatic hydroxyl groups is 1. The van der Waals surface area contributed by atoms with Crippen molar-refractivity contribution < 1.29 is 14.6 Å². The van der Waals surface area contributed by atoms with Crippen molar-refractivity contribution >= 4 is 5.91 Å². The van der Waals surface area contributed by atoms with E-state index < -0.39 is 6.10 Å². The van der Waals surface area contributed by atoms with Crippen LogP contribution in [0.1, 0.15) is 13.3 Å². The molecule has 104 valence electrons. The van der Waals surface area contributed by atoms with Crippen LogP contribution in [0.4, 0.5) is 0 Å². The van der Waals surface area contributed by atoms with E-state index in [2.05, 4.69) is 15.5 Å². The van der Waals surface area contributed by atoms with Crippen molar-refractivity contribution in [3.8, 4) is 0 Å². The van der Waals surface area contributed by atoms with Crippen molar-refractivity contribution in [3.63, 3.8) is 0 Å². The second kappa shape index (κ2) is 6.47. The highest BCUT2D eigenvalue weighted by Crippen LogP contribution is 2.16. The molecule has 0 bridgehead atoms. The van der Waals surface area contributed by atoms with Crippen molar-refractivity contribution in [1.29, 1.82) is 0 Å². The number of hydrogen-bond acceptors (Lipinski definition) is 5. The van der Waals surface area contributed by atoms with Gasteiger partial charge in [0, 0.05) is 26.2 Å². The lowest BCUT2D eigenvalue weighted by molar-refractivity contribution is -0.135. The fourth-order valence-corrected chi connectivity index (χ4v) is 2.60. The molecule has 0 aromatic heterocycles. The van der Waals surface area contributed by atoms with Crippen LogP contribution >= 0.6 is 0 Å². The number of aliphatic hydroxyl groups excluding tert-OH is 1. The Morgan fingerprint density at radius 3 is 3.06 bits per heavy atom. The van der Waals surface area contributed by atoms with Gasteiger partial charge >= 0.3 is 0 Å². The van der Waals surface area contributed by atoms with Crippen LogP contribution in [0.5, 0.6) is 0 Å². The van der Waals surface area contributed by atoms with Gasteiger partial charge in [0.05, 0.1) is 25.4 Å². The first kappa shape index (κ1) is 13.7. The van der Waals surface area contributed by atoms with Crippen molar-refractivity contribution in [1.82, 2.24) is 15.5 Å². The molecule has 0 saturated carbocycles. The van der Waals surface area contributed by atoms with Gasteiger partial charge in [-0.1, -0.05) is 6.92 Å². The van der Waals surface area contributed by atoms with Crippen LogP contribution in [0.15, 0.2) is 0 Å². The summed E-state index contributed by atoms with van der Waals surface area (Å²) in [6.45, 7) is 5.80. The minimum Gasteiger partial charge on any atom is -0.390 e. The van der Waals surface area contributed by atoms with Gasteiger partial charge in [0.15, 0.2) is 0 Å². The van der Waals surface area contributed by atoms with Crippen LogP contribution in [-0.4, -0.2) is 73.5 Å². The van der Waals surface area contributed by atoms with Crippen LogP contribution in [0, 0.1) is 0 Å². The van der Waals surface area contributed by atoms with Gasteiger partial charge in [-0.25, -0.2) is 0 Å². The predicted molar refractivity (Wildman–Crippen MR) is 67.3 cm³/mol. The quantitative estimate of drug-likeness (QED) is 0.574. The number of morpholine rings is 1. The van der Waals surface area contributed by atoms with Crippen LogP contribution in [-0.2, 0) is 9.53 Å². The number of β-amino-alcohol motifs (C(OH)–C–C–N with tert-alkyl or cyclic N) is 1. The second-order valence-corrected chi connectivity index (χ2v) is 4.91. The molecule has 2 aliphatic rings. The van der Waals surface area contributed by atoms with E-state index in [0.717, 1.165) is 13.0 Å². The van der Waals surface area contributed by atoms with Gasteiger partial charge in [-0.2, -0.15) is 0 Å². The van der Waals surface area contributed by atoms with Crippen molar-refractivity contribution in [2.75, 3.05) is 39.4 Å². The van der Waals surface area contributed by atoms with Gasteiger partial charge in [-0.05, 0) is 6.42 Å². The van der Waals surface area contributed by atoms with E-state index in [0.29, 0.717) is 32.8 Å². The standard InChI is InChI=1S/C12H23N3O3/c1-2-3-14-12(17)10-8-18-5-4-15(10)9-6-13-7-11(9)16/h9-11,13,16H,2-8H2,1H3,(H,14,17). The van der Waals surface area contributed by atoms with Crippen LogP contribution in [0.3, 0.4) is 0 Å². The van der Waals surface area contributed by atoms with E-state index in [1.54, 1.807) is 0 Å². The number of hydrogen-bond donors (Lipinski definition) is 3. The SMILES string of the molecule is CCCNC(=O)C1COCCN1C1CNCC1O. The Hall–Kier alpha value is -0.690. The van der Waals surface area contributed by atoms with Gasteiger partial charge in [-0.3, -0.25) is 9.69 Å². The van der Waals surface area contributed by atoms with E-state index >= 15 is 0 Å². The van der Waals surface area contributed by atoms with E-state index in [1.165, 1.54) is 0 Å². The summed E-state index contributed by atoms with van der Waals surface area (Å²) in [5, 5.41) is 16.0. The smallest absolute Gasteiger partial charge is 0.239 e. The fourth-order valence-electron chi connectivity index (χ4n) is 2.60. The highest BCUT2D eigenvalue weighted by molar-refractivity contribution is 5.82. The molecule has 3 N–H and O–H groups in total. The first-order valence-corrected chi connectivity index (χ1v) is 6.74. The zero-order valence-electron chi connectivity index (χ0n) is 10.9. The summed E-state index contributed by atoms with van der Waals surface area (Å²) in [6.07, 6.45) is 0.525. The molecule has 2 aliphatic heterocycles. The minimum atomic E-state index is -0.399. The van der Waals surface area contributed by atoms with Crippen molar-refractivity contribution in [2.24, 2.45) is 0 Å². The van der Waals surface area contributed by atoms with Crippen molar-refractivity contribution in [2.45, 2.75) is 31.5 Å². The summed E-state index contributed by atoms with van der Waals surface area (Å²) in [5.41, 5.74) is 0. The minimum absolute atomic E-state index is 0.00986. The van der Waals surface area contributed by atoms with E-state index in [-0.39, 0.29) is 18.0 Å². The highest BCUT2D eigenvalue weighted by atomic mass is 16.5. The fraction of sp³-hybridized carbons (Fsp3) is 0.917. The maximum atomic E-state index is 12.1. The lowest BCUT2D eigenvalue weighted by Gasteiger charge is -2.39. The molecule has 3 unspecified atom stereocenters. The summed E-state index contributed by atoms with van der Waals surface area (Å²) in [4.78, 5) is 14.2. The number of carbonyl (C=O) groups excluding carboxylic acids is 1. The zero-order chi connectivity index (χ0) is 13.0. The van der Waals surface area contributed by atoms with Gasteiger partial charge in [0.2, 0.25) is 5.91 Å². The Morgan fingerprint density at radius 1 is 1.56 bits per heavy atom. The number of nitrogens with one attached hydrogen (secondary N) is 2. The monoisotopic (exact) mass is 257 g/mol. The topological polar surface area (TPSA) is 73.8 Å². The molecule has 2 saturated heterocycles. The largest absolute Gasteiger partial charge is 0.390 e. The Balaban J connectivity index is 1.98. The molecular weight excluding hydrogens is 234 g/mol. The lowest BCUT2D eigenvalue weighted by atomic mass is 10.1. The molecule has 18 heavy (non-hydrogen) atoms. The third kappa shape index (κ3) is 3.00. The first-order chi connectivity index (χ1) is 8.74. The normalized spacial score (nSPS) is 33.6. The average Bonchev–Trinajstić information content (AvgIpc) is 2.82. The highest BCUT2D eigenvalue weighted by Gasteiger charge is 2.39. The number of nitrogens with zero attached hydrogens (tertiary/aromatic N) is 1. The van der Waals surface area contributed by atoms with E-state index in [1.807, 2.05) is 6.92 Å². The molecule has 0 radical (unpaired) electrons. The maximum Gasteiger partial charge on any atom is 0.239 e. The van der Waals surface area contributed by atoms with Crippen LogP contribution < -0.4 is 10.6 Å². The molecule has 0 spiro atoms.